The second-order valence-corrected chi connectivity index (χ2v) is 2.25. The Labute approximate surface area is 68.1 Å². The summed E-state index contributed by atoms with van der Waals surface area (Å²) in [6.45, 7) is 3.81. The molecular formula is C8H14O3. The third kappa shape index (κ3) is 4.53. The molecule has 64 valence electrons. The second kappa shape index (κ2) is 5.89. The third-order valence-electron chi connectivity index (χ3n) is 1.43. The summed E-state index contributed by atoms with van der Waals surface area (Å²) in [6, 6.07) is 0. The highest BCUT2D eigenvalue weighted by atomic mass is 16.5. The van der Waals surface area contributed by atoms with Gasteiger partial charge >= 0.3 is 5.97 Å². The molecule has 3 nitrogen and oxygen atoms in total. The molecule has 0 aliphatic rings. The van der Waals surface area contributed by atoms with Gasteiger partial charge in [0.15, 0.2) is 0 Å². The average molecular weight is 159 g/mol. The minimum atomic E-state index is -0.897. The topological polar surface area (TPSA) is 43.4 Å². The van der Waals surface area contributed by atoms with Gasteiger partial charge in [0, 0.05) is 0 Å². The number of carbonyl (C=O) groups excluding carboxylic acids is 2. The van der Waals surface area contributed by atoms with Crippen LogP contribution in [-0.4, -0.2) is 18.3 Å². The van der Waals surface area contributed by atoms with Gasteiger partial charge in [-0.05, 0) is 12.8 Å². The van der Waals surface area contributed by atoms with Gasteiger partial charge < -0.3 is 9.53 Å². The molecular weight excluding hydrogens is 144 g/mol. The first-order chi connectivity index (χ1) is 5.60. The molecule has 0 fully saturated rings. The fraction of sp³-hybridized carbons (Fsp3) is 0.750. The molecule has 0 heterocycles. The van der Waals surface area contributed by atoms with E-state index in [2.05, 4.69) is 0 Å². The van der Waals surface area contributed by atoms with Crippen molar-refractivity contribution in [3.8, 4) is 0 Å². The second-order valence-electron chi connectivity index (χ2n) is 2.25. The number of hydrogen-bond acceptors (Lipinski definition) is 3. The van der Waals surface area contributed by atoms with E-state index in [4.69, 9.17) is 6.11 Å². The first-order valence-corrected chi connectivity index (χ1v) is 3.79. The lowest BCUT2D eigenvalue weighted by Crippen LogP contribution is -2.16. The molecule has 3 heteroatoms. The zero-order chi connectivity index (χ0) is 9.56. The van der Waals surface area contributed by atoms with Gasteiger partial charge in [-0.15, -0.1) is 0 Å². The SMILES string of the molecule is [2H]C(=O)CC(=O)OC(CC)CC. The molecule has 0 N–H and O–H groups in total. The summed E-state index contributed by atoms with van der Waals surface area (Å²) >= 11 is 0. The van der Waals surface area contributed by atoms with E-state index in [1.807, 2.05) is 13.8 Å². The Morgan fingerprint density at radius 2 is 2.18 bits per heavy atom. The van der Waals surface area contributed by atoms with Gasteiger partial charge in [-0.2, -0.15) is 0 Å². The zero-order valence-corrected chi connectivity index (χ0v) is 6.92. The maximum Gasteiger partial charge on any atom is 0.313 e. The van der Waals surface area contributed by atoms with E-state index < -0.39 is 18.7 Å². The molecule has 0 aliphatic heterocycles. The van der Waals surface area contributed by atoms with Gasteiger partial charge in [0.2, 0.25) is 0 Å². The molecule has 0 aromatic carbocycles. The quantitative estimate of drug-likeness (QED) is 0.345. The predicted molar refractivity (Wildman–Crippen MR) is 41.1 cm³/mol. The van der Waals surface area contributed by atoms with Gasteiger partial charge in [0.25, 0.3) is 0 Å². The number of hydrogen-bond donors (Lipinski definition) is 0. The Morgan fingerprint density at radius 3 is 2.55 bits per heavy atom. The van der Waals surface area contributed by atoms with Crippen LogP contribution in [0.1, 0.15) is 34.5 Å². The summed E-state index contributed by atoms with van der Waals surface area (Å²) in [7, 11) is 0. The van der Waals surface area contributed by atoms with Crippen LogP contribution in [0.2, 0.25) is 0 Å². The first kappa shape index (κ1) is 8.24. The van der Waals surface area contributed by atoms with E-state index >= 15 is 0 Å². The number of rotatable bonds is 5. The highest BCUT2D eigenvalue weighted by Gasteiger charge is 2.08. The van der Waals surface area contributed by atoms with E-state index in [0.29, 0.717) is 0 Å². The molecule has 0 bridgehead atoms. The van der Waals surface area contributed by atoms with Gasteiger partial charge in [-0.3, -0.25) is 4.79 Å². The van der Waals surface area contributed by atoms with Crippen molar-refractivity contribution in [1.82, 2.24) is 0 Å². The number of ether oxygens (including phenoxy) is 1. The van der Waals surface area contributed by atoms with Crippen molar-refractivity contribution in [2.24, 2.45) is 0 Å². The van der Waals surface area contributed by atoms with Crippen LogP contribution >= 0.6 is 0 Å². The van der Waals surface area contributed by atoms with Crippen LogP contribution in [-0.2, 0) is 14.3 Å². The molecule has 0 rings (SSSR count). The molecule has 0 spiro atoms. The predicted octanol–water partition coefficient (Wildman–Crippen LogP) is 1.31. The molecule has 0 saturated carbocycles. The highest BCUT2D eigenvalue weighted by molar-refractivity contribution is 5.83. The minimum absolute atomic E-state index is 0.114. The number of carbonyl (C=O) groups is 2. The maximum absolute atomic E-state index is 10.8. The van der Waals surface area contributed by atoms with E-state index in [1.165, 1.54) is 0 Å². The van der Waals surface area contributed by atoms with Crippen molar-refractivity contribution in [1.29, 1.82) is 0 Å². The summed E-state index contributed by atoms with van der Waals surface area (Å²) in [4.78, 5) is 21.0. The first-order valence-electron chi connectivity index (χ1n) is 4.29. The van der Waals surface area contributed by atoms with E-state index in [9.17, 15) is 9.59 Å². The molecule has 0 atom stereocenters. The monoisotopic (exact) mass is 159 g/mol. The fourth-order valence-corrected chi connectivity index (χ4v) is 0.742. The summed E-state index contributed by atoms with van der Waals surface area (Å²) in [5.74, 6) is -0.594. The van der Waals surface area contributed by atoms with Crippen molar-refractivity contribution in [2.45, 2.75) is 39.2 Å². The van der Waals surface area contributed by atoms with Gasteiger partial charge in [0.05, 0.1) is 0 Å². The van der Waals surface area contributed by atoms with Crippen molar-refractivity contribution in [3.05, 3.63) is 0 Å². The zero-order valence-electron chi connectivity index (χ0n) is 7.92. The van der Waals surface area contributed by atoms with E-state index in [0.717, 1.165) is 12.8 Å². The molecule has 0 aliphatic carbocycles. The summed E-state index contributed by atoms with van der Waals surface area (Å²) in [6.07, 6.45) is 0.0436. The summed E-state index contributed by atoms with van der Waals surface area (Å²) in [5, 5.41) is 0. The smallest absolute Gasteiger partial charge is 0.313 e. The van der Waals surface area contributed by atoms with Gasteiger partial charge in [0.1, 0.15) is 20.2 Å². The number of esters is 1. The highest BCUT2D eigenvalue weighted by Crippen LogP contribution is 2.03. The van der Waals surface area contributed by atoms with Crippen LogP contribution in [0.5, 0.6) is 0 Å². The molecule has 0 aromatic heterocycles. The van der Waals surface area contributed by atoms with Crippen molar-refractivity contribution in [3.63, 3.8) is 0 Å². The summed E-state index contributed by atoms with van der Waals surface area (Å²) in [5.41, 5.74) is 0. The molecule has 0 radical (unpaired) electrons. The van der Waals surface area contributed by atoms with E-state index in [-0.39, 0.29) is 6.10 Å². The average Bonchev–Trinajstić information content (AvgIpc) is 1.98. The Hall–Kier alpha value is -0.860. The molecule has 11 heavy (non-hydrogen) atoms. The third-order valence-corrected chi connectivity index (χ3v) is 1.43. The minimum Gasteiger partial charge on any atom is -0.462 e. The van der Waals surface area contributed by atoms with Crippen molar-refractivity contribution >= 4 is 12.2 Å². The number of aldehydes is 1. The maximum atomic E-state index is 10.8. The Bertz CT molecular complexity index is 164. The lowest BCUT2D eigenvalue weighted by atomic mass is 10.2. The molecule has 0 amide bonds. The van der Waals surface area contributed by atoms with E-state index in [1.54, 1.807) is 0 Å². The van der Waals surface area contributed by atoms with Gasteiger partial charge in [-0.25, -0.2) is 0 Å². The Morgan fingerprint density at radius 1 is 1.64 bits per heavy atom. The van der Waals surface area contributed by atoms with Crippen LogP contribution in [0.3, 0.4) is 0 Å². The lowest BCUT2D eigenvalue weighted by molar-refractivity contribution is -0.149. The van der Waals surface area contributed by atoms with Crippen LogP contribution in [0.25, 0.3) is 0 Å². The van der Waals surface area contributed by atoms with Gasteiger partial charge in [-0.1, -0.05) is 13.8 Å². The Balaban J connectivity index is 3.74. The lowest BCUT2D eigenvalue weighted by Gasteiger charge is -2.12. The molecule has 0 unspecified atom stereocenters. The van der Waals surface area contributed by atoms with Crippen molar-refractivity contribution < 1.29 is 15.7 Å². The van der Waals surface area contributed by atoms with Crippen LogP contribution in [0.4, 0.5) is 0 Å². The molecule has 0 aromatic rings. The van der Waals surface area contributed by atoms with Crippen LogP contribution in [0, 0.1) is 0 Å². The molecule has 0 saturated heterocycles. The van der Waals surface area contributed by atoms with Crippen LogP contribution < -0.4 is 0 Å². The van der Waals surface area contributed by atoms with Crippen molar-refractivity contribution in [2.75, 3.05) is 0 Å². The largest absolute Gasteiger partial charge is 0.462 e. The standard InChI is InChI=1S/C8H14O3/c1-3-7(4-2)11-8(10)5-6-9/h6-7H,3-5H2,1-2H3/i6D. The van der Waals surface area contributed by atoms with Crippen LogP contribution in [0.15, 0.2) is 0 Å². The normalized spacial score (nSPS) is 11.0. The Kier molecular flexibility index (Phi) is 4.41. The summed E-state index contributed by atoms with van der Waals surface area (Å²) < 4.78 is 11.4. The fourth-order valence-electron chi connectivity index (χ4n) is 0.742.